The average molecular weight is 305 g/mol. The van der Waals surface area contributed by atoms with E-state index in [-0.39, 0.29) is 34.2 Å². The van der Waals surface area contributed by atoms with Crippen LogP contribution in [0.15, 0.2) is 12.1 Å². The first-order valence-corrected chi connectivity index (χ1v) is 6.56. The standard InChI is InChI=1S/C12H14Cl2N2O3/c1-2-19-10(17)4-3-7-15-12(18)8-5-6-9(13)16-11(8)14/h5-6H,2-4,7H2,1H3,(H,15,18). The third-order valence-electron chi connectivity index (χ3n) is 2.21. The van der Waals surface area contributed by atoms with Crippen molar-refractivity contribution in [1.82, 2.24) is 10.3 Å². The molecule has 1 rings (SSSR count). The molecule has 0 fully saturated rings. The van der Waals surface area contributed by atoms with Crippen molar-refractivity contribution in [2.45, 2.75) is 19.8 Å². The van der Waals surface area contributed by atoms with Crippen LogP contribution in [-0.4, -0.2) is 30.0 Å². The highest BCUT2D eigenvalue weighted by molar-refractivity contribution is 6.34. The van der Waals surface area contributed by atoms with Crippen LogP contribution < -0.4 is 5.32 Å². The third-order valence-corrected chi connectivity index (χ3v) is 2.71. The largest absolute Gasteiger partial charge is 0.466 e. The zero-order valence-corrected chi connectivity index (χ0v) is 11.9. The molecule has 0 aliphatic carbocycles. The van der Waals surface area contributed by atoms with E-state index >= 15 is 0 Å². The number of nitrogens with one attached hydrogen (secondary N) is 1. The number of ether oxygens (including phenoxy) is 1. The van der Waals surface area contributed by atoms with Crippen molar-refractivity contribution in [3.05, 3.63) is 28.0 Å². The number of amides is 1. The number of halogens is 2. The average Bonchev–Trinajstić information content (AvgIpc) is 2.34. The molecule has 0 saturated carbocycles. The van der Waals surface area contributed by atoms with Crippen LogP contribution in [0.25, 0.3) is 0 Å². The summed E-state index contributed by atoms with van der Waals surface area (Å²) in [5.41, 5.74) is 0.252. The molecule has 0 aromatic carbocycles. The Bertz CT molecular complexity index is 466. The summed E-state index contributed by atoms with van der Waals surface area (Å²) in [6.45, 7) is 2.46. The van der Waals surface area contributed by atoms with Gasteiger partial charge in [0, 0.05) is 13.0 Å². The number of esters is 1. The van der Waals surface area contributed by atoms with Gasteiger partial charge < -0.3 is 10.1 Å². The summed E-state index contributed by atoms with van der Waals surface area (Å²) in [5.74, 6) is -0.624. The van der Waals surface area contributed by atoms with E-state index in [1.807, 2.05) is 0 Å². The Morgan fingerprint density at radius 2 is 2.11 bits per heavy atom. The van der Waals surface area contributed by atoms with E-state index in [0.717, 1.165) is 0 Å². The molecule has 0 radical (unpaired) electrons. The lowest BCUT2D eigenvalue weighted by Gasteiger charge is -2.06. The summed E-state index contributed by atoms with van der Waals surface area (Å²) < 4.78 is 4.77. The van der Waals surface area contributed by atoms with Gasteiger partial charge in [-0.3, -0.25) is 9.59 Å². The Morgan fingerprint density at radius 1 is 1.37 bits per heavy atom. The maximum Gasteiger partial charge on any atom is 0.305 e. The van der Waals surface area contributed by atoms with E-state index < -0.39 is 0 Å². The van der Waals surface area contributed by atoms with Gasteiger partial charge in [-0.25, -0.2) is 4.98 Å². The predicted octanol–water partition coefficient (Wildman–Crippen LogP) is 2.46. The number of nitrogens with zero attached hydrogens (tertiary/aromatic N) is 1. The Labute approximate surface area is 121 Å². The van der Waals surface area contributed by atoms with Crippen LogP contribution in [-0.2, 0) is 9.53 Å². The molecular weight excluding hydrogens is 291 g/mol. The van der Waals surface area contributed by atoms with Crippen LogP contribution in [0, 0.1) is 0 Å². The van der Waals surface area contributed by atoms with Crippen molar-refractivity contribution < 1.29 is 14.3 Å². The molecule has 1 heterocycles. The molecular formula is C12H14Cl2N2O3. The van der Waals surface area contributed by atoms with Gasteiger partial charge in [0.05, 0.1) is 12.2 Å². The van der Waals surface area contributed by atoms with Gasteiger partial charge in [0.1, 0.15) is 10.3 Å². The van der Waals surface area contributed by atoms with Crippen molar-refractivity contribution in [3.8, 4) is 0 Å². The first-order valence-electron chi connectivity index (χ1n) is 5.80. The molecule has 0 aliphatic rings. The predicted molar refractivity (Wildman–Crippen MR) is 72.5 cm³/mol. The minimum absolute atomic E-state index is 0.0513. The second-order valence-corrected chi connectivity index (χ2v) is 4.38. The molecule has 1 aromatic rings. The van der Waals surface area contributed by atoms with Gasteiger partial charge in [0.2, 0.25) is 0 Å². The zero-order chi connectivity index (χ0) is 14.3. The van der Waals surface area contributed by atoms with Gasteiger partial charge >= 0.3 is 5.97 Å². The first kappa shape index (κ1) is 15.7. The maximum absolute atomic E-state index is 11.8. The first-order chi connectivity index (χ1) is 9.04. The molecule has 0 spiro atoms. The molecule has 1 N–H and O–H groups in total. The van der Waals surface area contributed by atoms with Gasteiger partial charge in [-0.2, -0.15) is 0 Å². The van der Waals surface area contributed by atoms with Crippen LogP contribution in [0.5, 0.6) is 0 Å². The summed E-state index contributed by atoms with van der Waals surface area (Å²) in [6, 6.07) is 2.99. The molecule has 7 heteroatoms. The molecule has 0 atom stereocenters. The molecule has 1 amide bonds. The molecule has 19 heavy (non-hydrogen) atoms. The number of aromatic nitrogens is 1. The molecule has 5 nitrogen and oxygen atoms in total. The van der Waals surface area contributed by atoms with Gasteiger partial charge in [-0.15, -0.1) is 0 Å². The summed E-state index contributed by atoms with van der Waals surface area (Å²) in [6.07, 6.45) is 0.768. The molecule has 1 aromatic heterocycles. The van der Waals surface area contributed by atoms with Crippen LogP contribution in [0.3, 0.4) is 0 Å². The second-order valence-electron chi connectivity index (χ2n) is 3.64. The van der Waals surface area contributed by atoms with Gasteiger partial charge in [0.25, 0.3) is 5.91 Å². The van der Waals surface area contributed by atoms with E-state index in [1.165, 1.54) is 12.1 Å². The van der Waals surface area contributed by atoms with Crippen molar-refractivity contribution in [2.24, 2.45) is 0 Å². The van der Waals surface area contributed by atoms with E-state index in [1.54, 1.807) is 6.92 Å². The summed E-state index contributed by atoms with van der Waals surface area (Å²) in [4.78, 5) is 26.6. The van der Waals surface area contributed by atoms with Crippen molar-refractivity contribution in [2.75, 3.05) is 13.2 Å². The highest BCUT2D eigenvalue weighted by atomic mass is 35.5. The van der Waals surface area contributed by atoms with Gasteiger partial charge in [-0.05, 0) is 25.5 Å². The van der Waals surface area contributed by atoms with Crippen LogP contribution in [0.2, 0.25) is 10.3 Å². The zero-order valence-electron chi connectivity index (χ0n) is 10.4. The molecule has 104 valence electrons. The van der Waals surface area contributed by atoms with E-state index in [9.17, 15) is 9.59 Å². The number of hydrogen-bond donors (Lipinski definition) is 1. The van der Waals surface area contributed by atoms with Crippen LogP contribution in [0.4, 0.5) is 0 Å². The number of carbonyl (C=O) groups excluding carboxylic acids is 2. The van der Waals surface area contributed by atoms with Crippen LogP contribution >= 0.6 is 23.2 Å². The topological polar surface area (TPSA) is 68.3 Å². The van der Waals surface area contributed by atoms with E-state index in [2.05, 4.69) is 10.3 Å². The van der Waals surface area contributed by atoms with Gasteiger partial charge in [-0.1, -0.05) is 23.2 Å². The fraction of sp³-hybridized carbons (Fsp3) is 0.417. The summed E-state index contributed by atoms with van der Waals surface area (Å²) >= 11 is 11.4. The Balaban J connectivity index is 2.37. The Hall–Kier alpha value is -1.33. The smallest absolute Gasteiger partial charge is 0.305 e. The number of pyridine rings is 1. The second kappa shape index (κ2) is 7.96. The minimum Gasteiger partial charge on any atom is -0.466 e. The monoisotopic (exact) mass is 304 g/mol. The van der Waals surface area contributed by atoms with E-state index in [4.69, 9.17) is 27.9 Å². The van der Waals surface area contributed by atoms with Gasteiger partial charge in [0.15, 0.2) is 0 Å². The number of hydrogen-bond acceptors (Lipinski definition) is 4. The number of carbonyl (C=O) groups is 2. The lowest BCUT2D eigenvalue weighted by Crippen LogP contribution is -2.25. The molecule has 0 bridgehead atoms. The Kier molecular flexibility index (Phi) is 6.59. The normalized spacial score (nSPS) is 10.1. The van der Waals surface area contributed by atoms with Crippen molar-refractivity contribution in [3.63, 3.8) is 0 Å². The fourth-order valence-electron chi connectivity index (χ4n) is 1.34. The number of rotatable bonds is 6. The summed E-state index contributed by atoms with van der Waals surface area (Å²) in [5, 5.41) is 2.92. The highest BCUT2D eigenvalue weighted by Crippen LogP contribution is 2.16. The molecule has 0 unspecified atom stereocenters. The lowest BCUT2D eigenvalue weighted by molar-refractivity contribution is -0.143. The fourth-order valence-corrected chi connectivity index (χ4v) is 1.78. The minimum atomic E-state index is -0.349. The van der Waals surface area contributed by atoms with Crippen LogP contribution in [0.1, 0.15) is 30.1 Å². The van der Waals surface area contributed by atoms with Crippen molar-refractivity contribution in [1.29, 1.82) is 0 Å². The Morgan fingerprint density at radius 3 is 2.74 bits per heavy atom. The third kappa shape index (κ3) is 5.44. The SMILES string of the molecule is CCOC(=O)CCCNC(=O)c1ccc(Cl)nc1Cl. The molecule has 0 saturated heterocycles. The highest BCUT2D eigenvalue weighted by Gasteiger charge is 2.11. The molecule has 0 aliphatic heterocycles. The maximum atomic E-state index is 11.8. The lowest BCUT2D eigenvalue weighted by atomic mass is 10.2. The quantitative estimate of drug-likeness (QED) is 0.498. The van der Waals surface area contributed by atoms with Crippen molar-refractivity contribution >= 4 is 35.1 Å². The summed E-state index contributed by atoms with van der Waals surface area (Å²) in [7, 11) is 0. The van der Waals surface area contributed by atoms with E-state index in [0.29, 0.717) is 19.6 Å².